The van der Waals surface area contributed by atoms with Gasteiger partial charge in [-0.15, -0.1) is 5.54 Å². The molecule has 26 heavy (non-hydrogen) atoms. The van der Waals surface area contributed by atoms with Gasteiger partial charge in [0.05, 0.1) is 0 Å². The zero-order valence-corrected chi connectivity index (χ0v) is 17.7. The number of hydrogen-bond acceptors (Lipinski definition) is 3. The minimum absolute atomic E-state index is 0.137. The Labute approximate surface area is 157 Å². The van der Waals surface area contributed by atoms with E-state index in [0.29, 0.717) is 19.4 Å². The van der Waals surface area contributed by atoms with E-state index >= 15 is 0 Å². The molecule has 5 heteroatoms. The summed E-state index contributed by atoms with van der Waals surface area (Å²) in [6.07, 6.45) is 0.775. The molecule has 0 aliphatic carbocycles. The van der Waals surface area contributed by atoms with E-state index in [1.807, 2.05) is 24.3 Å². The molecule has 1 fully saturated rings. The fourth-order valence-electron chi connectivity index (χ4n) is 2.69. The topological polar surface area (TPSA) is 46.6 Å². The Morgan fingerprint density at radius 2 is 1.85 bits per heavy atom. The van der Waals surface area contributed by atoms with E-state index in [4.69, 9.17) is 4.74 Å². The zero-order chi connectivity index (χ0) is 19.5. The van der Waals surface area contributed by atoms with Gasteiger partial charge in [0.2, 0.25) is 5.91 Å². The number of likely N-dealkylation sites (tertiary alicyclic amines) is 1. The molecule has 1 aromatic carbocycles. The number of amides is 2. The van der Waals surface area contributed by atoms with Gasteiger partial charge >= 0.3 is 6.09 Å². The standard InChI is InChI=1S/C21H29NO3Si/c1-21(2,3)25-20(24)22-13-11-18(19(22)23)15-17-9-7-16(8-10-17)12-14-26(4,5)6/h7-10,18H,11,13,15H2,1-6H3. The van der Waals surface area contributed by atoms with Gasteiger partial charge < -0.3 is 4.74 Å². The second-order valence-electron chi connectivity index (χ2n) is 8.86. The SMILES string of the molecule is CC(C)(C)OC(=O)N1CCC(Cc2ccc(C#C[Si](C)(C)C)cc2)C1=O. The van der Waals surface area contributed by atoms with Crippen molar-refractivity contribution < 1.29 is 14.3 Å². The van der Waals surface area contributed by atoms with E-state index < -0.39 is 19.8 Å². The highest BCUT2D eigenvalue weighted by Crippen LogP contribution is 2.24. The third kappa shape index (κ3) is 6.03. The predicted octanol–water partition coefficient (Wildman–Crippen LogP) is 4.24. The Kier molecular flexibility index (Phi) is 5.97. The van der Waals surface area contributed by atoms with Crippen molar-refractivity contribution in [2.75, 3.05) is 6.54 Å². The number of carbonyl (C=O) groups excluding carboxylic acids is 2. The highest BCUT2D eigenvalue weighted by molar-refractivity contribution is 6.83. The molecule has 1 unspecified atom stereocenters. The largest absolute Gasteiger partial charge is 0.443 e. The Bertz CT molecular complexity index is 730. The average Bonchev–Trinajstić information content (AvgIpc) is 2.85. The van der Waals surface area contributed by atoms with Gasteiger partial charge in [-0.2, -0.15) is 0 Å². The molecule has 1 aliphatic rings. The van der Waals surface area contributed by atoms with Gasteiger partial charge in [-0.25, -0.2) is 9.69 Å². The van der Waals surface area contributed by atoms with Crippen molar-refractivity contribution in [2.45, 2.75) is 58.9 Å². The van der Waals surface area contributed by atoms with E-state index in [1.165, 1.54) is 4.90 Å². The van der Waals surface area contributed by atoms with Crippen LogP contribution < -0.4 is 0 Å². The smallest absolute Gasteiger partial charge is 0.417 e. The maximum absolute atomic E-state index is 12.5. The van der Waals surface area contributed by atoms with Crippen LogP contribution in [0.15, 0.2) is 24.3 Å². The summed E-state index contributed by atoms with van der Waals surface area (Å²) in [4.78, 5) is 25.9. The molecule has 1 aliphatic heterocycles. The Hall–Kier alpha value is -2.06. The van der Waals surface area contributed by atoms with Crippen molar-refractivity contribution >= 4 is 20.1 Å². The minimum Gasteiger partial charge on any atom is -0.443 e. The molecule has 4 nitrogen and oxygen atoms in total. The van der Waals surface area contributed by atoms with E-state index in [-0.39, 0.29) is 11.8 Å². The lowest BCUT2D eigenvalue weighted by Crippen LogP contribution is -2.38. The number of benzene rings is 1. The molecule has 0 aromatic heterocycles. The van der Waals surface area contributed by atoms with Crippen LogP contribution in [0, 0.1) is 17.4 Å². The first-order valence-electron chi connectivity index (χ1n) is 9.11. The normalized spacial score (nSPS) is 17.7. The zero-order valence-electron chi connectivity index (χ0n) is 16.7. The number of nitrogens with zero attached hydrogens (tertiary/aromatic N) is 1. The Balaban J connectivity index is 1.98. The highest BCUT2D eigenvalue weighted by atomic mass is 28.3. The number of rotatable bonds is 2. The molecule has 0 N–H and O–H groups in total. The lowest BCUT2D eigenvalue weighted by molar-refractivity contribution is -0.130. The van der Waals surface area contributed by atoms with Crippen LogP contribution in [0.4, 0.5) is 4.79 Å². The van der Waals surface area contributed by atoms with Gasteiger partial charge in [-0.1, -0.05) is 37.7 Å². The molecule has 1 aromatic rings. The van der Waals surface area contributed by atoms with Crippen LogP contribution in [0.5, 0.6) is 0 Å². The first kappa shape index (κ1) is 20.3. The molecule has 2 amide bonds. The number of ether oxygens (including phenoxy) is 1. The molecule has 1 saturated heterocycles. The first-order valence-corrected chi connectivity index (χ1v) is 12.6. The van der Waals surface area contributed by atoms with Crippen LogP contribution in [-0.4, -0.2) is 37.1 Å². The van der Waals surface area contributed by atoms with Gasteiger partial charge in [-0.05, 0) is 51.3 Å². The van der Waals surface area contributed by atoms with E-state index in [2.05, 4.69) is 31.1 Å². The molecule has 140 valence electrons. The molecular formula is C21H29NO3Si. The Morgan fingerprint density at radius 3 is 2.38 bits per heavy atom. The van der Waals surface area contributed by atoms with E-state index in [0.717, 1.165) is 11.1 Å². The summed E-state index contributed by atoms with van der Waals surface area (Å²) >= 11 is 0. The quantitative estimate of drug-likeness (QED) is 0.577. The van der Waals surface area contributed by atoms with E-state index in [9.17, 15) is 9.59 Å². The van der Waals surface area contributed by atoms with Crippen molar-refractivity contribution in [3.8, 4) is 11.5 Å². The van der Waals surface area contributed by atoms with Gasteiger partial charge in [0.1, 0.15) is 13.7 Å². The Morgan fingerprint density at radius 1 is 1.23 bits per heavy atom. The van der Waals surface area contributed by atoms with E-state index in [1.54, 1.807) is 20.8 Å². The van der Waals surface area contributed by atoms with Crippen LogP contribution in [0.2, 0.25) is 19.6 Å². The maximum atomic E-state index is 12.5. The maximum Gasteiger partial charge on any atom is 0.417 e. The second kappa shape index (κ2) is 7.67. The third-order valence-corrected chi connectivity index (χ3v) is 4.82. The van der Waals surface area contributed by atoms with Crippen molar-refractivity contribution in [3.05, 3.63) is 35.4 Å². The fraction of sp³-hybridized carbons (Fsp3) is 0.524. The van der Waals surface area contributed by atoms with Crippen LogP contribution in [0.1, 0.15) is 38.3 Å². The lowest BCUT2D eigenvalue weighted by atomic mass is 9.97. The highest BCUT2D eigenvalue weighted by Gasteiger charge is 2.37. The van der Waals surface area contributed by atoms with Gasteiger partial charge in [-0.3, -0.25) is 4.79 Å². The molecule has 0 bridgehead atoms. The van der Waals surface area contributed by atoms with Crippen LogP contribution >= 0.6 is 0 Å². The number of imide groups is 1. The lowest BCUT2D eigenvalue weighted by Gasteiger charge is -2.23. The molecular weight excluding hydrogens is 342 g/mol. The molecule has 2 rings (SSSR count). The molecule has 1 heterocycles. The molecule has 0 spiro atoms. The summed E-state index contributed by atoms with van der Waals surface area (Å²) in [6.45, 7) is 12.5. The summed E-state index contributed by atoms with van der Waals surface area (Å²) < 4.78 is 5.31. The minimum atomic E-state index is -1.38. The summed E-state index contributed by atoms with van der Waals surface area (Å²) in [6, 6.07) is 8.07. The number of carbonyl (C=O) groups is 2. The third-order valence-electron chi connectivity index (χ3n) is 3.95. The van der Waals surface area contributed by atoms with Gasteiger partial charge in [0.15, 0.2) is 0 Å². The first-order chi connectivity index (χ1) is 11.9. The van der Waals surface area contributed by atoms with Crippen LogP contribution in [0.25, 0.3) is 0 Å². The number of hydrogen-bond donors (Lipinski definition) is 0. The summed E-state index contributed by atoms with van der Waals surface area (Å²) in [5.41, 5.74) is 4.85. The van der Waals surface area contributed by atoms with Gasteiger partial charge in [0, 0.05) is 18.0 Å². The van der Waals surface area contributed by atoms with Crippen LogP contribution in [0.3, 0.4) is 0 Å². The monoisotopic (exact) mass is 371 g/mol. The molecule has 0 radical (unpaired) electrons. The molecule has 0 saturated carbocycles. The summed E-state index contributed by atoms with van der Waals surface area (Å²) in [5, 5.41) is 0. The van der Waals surface area contributed by atoms with Gasteiger partial charge in [0.25, 0.3) is 0 Å². The second-order valence-corrected chi connectivity index (χ2v) is 13.6. The molecule has 1 atom stereocenters. The summed E-state index contributed by atoms with van der Waals surface area (Å²) in [5.74, 6) is 2.93. The van der Waals surface area contributed by atoms with Crippen LogP contribution in [-0.2, 0) is 16.0 Å². The summed E-state index contributed by atoms with van der Waals surface area (Å²) in [7, 11) is -1.38. The van der Waals surface area contributed by atoms with Crippen molar-refractivity contribution in [1.29, 1.82) is 0 Å². The van der Waals surface area contributed by atoms with Crippen molar-refractivity contribution in [3.63, 3.8) is 0 Å². The predicted molar refractivity (Wildman–Crippen MR) is 106 cm³/mol. The average molecular weight is 372 g/mol. The fourth-order valence-corrected chi connectivity index (χ4v) is 3.21. The van der Waals surface area contributed by atoms with Crippen molar-refractivity contribution in [1.82, 2.24) is 4.90 Å². The van der Waals surface area contributed by atoms with Crippen molar-refractivity contribution in [2.24, 2.45) is 5.92 Å².